The van der Waals surface area contributed by atoms with Gasteiger partial charge in [-0.1, -0.05) is 13.0 Å². The quantitative estimate of drug-likeness (QED) is 0.729. The normalized spacial score (nSPS) is 24.6. The highest BCUT2D eigenvalue weighted by molar-refractivity contribution is 7.90. The average molecular weight is 288 g/mol. The summed E-state index contributed by atoms with van der Waals surface area (Å²) in [4.78, 5) is 2.29. The number of hydrogen-bond donors (Lipinski definition) is 1. The molecule has 1 heterocycles. The average Bonchev–Trinajstić information content (AvgIpc) is 2.76. The minimum absolute atomic E-state index is 0.0313. The van der Waals surface area contributed by atoms with E-state index in [0.29, 0.717) is 18.5 Å². The van der Waals surface area contributed by atoms with E-state index >= 15 is 0 Å². The third-order valence-electron chi connectivity index (χ3n) is 3.95. The van der Waals surface area contributed by atoms with Crippen LogP contribution in [0, 0.1) is 5.92 Å². The van der Waals surface area contributed by atoms with Gasteiger partial charge in [-0.3, -0.25) is 4.90 Å². The van der Waals surface area contributed by atoms with E-state index in [-0.39, 0.29) is 11.3 Å². The van der Waals surface area contributed by atoms with Crippen LogP contribution < -0.4 is 4.72 Å². The molecule has 0 amide bonds. The maximum Gasteiger partial charge on any atom is 0.216 e. The lowest BCUT2D eigenvalue weighted by Gasteiger charge is -2.29. The molecule has 5 heteroatoms. The van der Waals surface area contributed by atoms with E-state index < -0.39 is 10.0 Å². The smallest absolute Gasteiger partial charge is 0.216 e. The van der Waals surface area contributed by atoms with E-state index in [2.05, 4.69) is 30.0 Å². The second-order valence-corrected chi connectivity index (χ2v) is 7.96. The van der Waals surface area contributed by atoms with Crippen LogP contribution in [-0.2, 0) is 10.0 Å². The third-order valence-corrected chi connectivity index (χ3v) is 6.02. The number of sulfonamides is 1. The van der Waals surface area contributed by atoms with Gasteiger partial charge < -0.3 is 0 Å². The van der Waals surface area contributed by atoms with E-state index in [1.165, 1.54) is 0 Å². The van der Waals surface area contributed by atoms with Gasteiger partial charge in [0.1, 0.15) is 0 Å². The summed E-state index contributed by atoms with van der Waals surface area (Å²) in [6.45, 7) is 13.4. The molecule has 0 unspecified atom stereocenters. The molecule has 1 fully saturated rings. The predicted octanol–water partition coefficient (Wildman–Crippen LogP) is 1.99. The molecule has 0 bridgehead atoms. The van der Waals surface area contributed by atoms with Crippen LogP contribution in [0.3, 0.4) is 0 Å². The van der Waals surface area contributed by atoms with Crippen molar-refractivity contribution in [1.82, 2.24) is 9.62 Å². The van der Waals surface area contributed by atoms with Gasteiger partial charge in [0.25, 0.3) is 0 Å². The first-order chi connectivity index (χ1) is 8.77. The molecule has 112 valence electrons. The standard InChI is InChI=1S/C14H28N2O2S/c1-6-7-12(4)13(5)16-9-8-14(10-16)19(17,18)15-11(2)3/h6,11-15H,1,7-10H2,2-5H3/t12-,13+,14+/m0/s1. The molecule has 1 aliphatic heterocycles. The van der Waals surface area contributed by atoms with Crippen LogP contribution in [-0.4, -0.2) is 43.7 Å². The van der Waals surface area contributed by atoms with Crippen LogP contribution in [0.4, 0.5) is 0 Å². The largest absolute Gasteiger partial charge is 0.299 e. The molecule has 1 N–H and O–H groups in total. The lowest BCUT2D eigenvalue weighted by atomic mass is 9.99. The van der Waals surface area contributed by atoms with Crippen molar-refractivity contribution in [2.45, 2.75) is 57.9 Å². The summed E-state index contributed by atoms with van der Waals surface area (Å²) in [5.74, 6) is 0.511. The molecule has 0 aromatic rings. The third kappa shape index (κ3) is 4.58. The first kappa shape index (κ1) is 16.7. The van der Waals surface area contributed by atoms with Gasteiger partial charge in [0.2, 0.25) is 10.0 Å². The summed E-state index contributed by atoms with van der Waals surface area (Å²) < 4.78 is 27.0. The fourth-order valence-electron chi connectivity index (χ4n) is 2.62. The Morgan fingerprint density at radius 2 is 2.00 bits per heavy atom. The van der Waals surface area contributed by atoms with Crippen LogP contribution in [0.25, 0.3) is 0 Å². The van der Waals surface area contributed by atoms with Crippen molar-refractivity contribution in [1.29, 1.82) is 0 Å². The Kier molecular flexibility index (Phi) is 6.02. The zero-order chi connectivity index (χ0) is 14.6. The lowest BCUT2D eigenvalue weighted by Crippen LogP contribution is -2.42. The van der Waals surface area contributed by atoms with E-state index in [1.807, 2.05) is 19.9 Å². The van der Waals surface area contributed by atoms with Crippen molar-refractivity contribution in [3.63, 3.8) is 0 Å². The Hall–Kier alpha value is -0.390. The van der Waals surface area contributed by atoms with E-state index in [4.69, 9.17) is 0 Å². The monoisotopic (exact) mass is 288 g/mol. The SMILES string of the molecule is C=CC[C@H](C)[C@@H](C)N1CC[C@@H](S(=O)(=O)NC(C)C)C1. The number of nitrogens with zero attached hydrogens (tertiary/aromatic N) is 1. The number of allylic oxidation sites excluding steroid dienone is 1. The zero-order valence-corrected chi connectivity index (χ0v) is 13.4. The van der Waals surface area contributed by atoms with Gasteiger partial charge in [0, 0.05) is 18.6 Å². The van der Waals surface area contributed by atoms with Crippen LogP contribution >= 0.6 is 0 Å². The first-order valence-electron chi connectivity index (χ1n) is 7.14. The molecule has 1 saturated heterocycles. The second kappa shape index (κ2) is 6.86. The Bertz CT molecular complexity index is 392. The molecule has 0 aliphatic carbocycles. The highest BCUT2D eigenvalue weighted by Gasteiger charge is 2.35. The molecule has 4 nitrogen and oxygen atoms in total. The minimum atomic E-state index is -3.18. The number of likely N-dealkylation sites (tertiary alicyclic amines) is 1. The second-order valence-electron chi connectivity index (χ2n) is 5.97. The highest BCUT2D eigenvalue weighted by Crippen LogP contribution is 2.23. The molecular formula is C14H28N2O2S. The summed E-state index contributed by atoms with van der Waals surface area (Å²) in [5.41, 5.74) is 0. The molecular weight excluding hydrogens is 260 g/mol. The van der Waals surface area contributed by atoms with Crippen LogP contribution in [0.2, 0.25) is 0 Å². The summed E-state index contributed by atoms with van der Waals surface area (Å²) in [6.07, 6.45) is 3.64. The van der Waals surface area contributed by atoms with Crippen molar-refractivity contribution in [3.05, 3.63) is 12.7 Å². The van der Waals surface area contributed by atoms with E-state index in [9.17, 15) is 8.42 Å². The Balaban J connectivity index is 2.60. The minimum Gasteiger partial charge on any atom is -0.299 e. The van der Waals surface area contributed by atoms with Crippen LogP contribution in [0.1, 0.15) is 40.5 Å². The maximum absolute atomic E-state index is 12.2. The zero-order valence-electron chi connectivity index (χ0n) is 12.6. The summed E-state index contributed by atoms with van der Waals surface area (Å²) >= 11 is 0. The van der Waals surface area contributed by atoms with Gasteiger partial charge in [-0.2, -0.15) is 0 Å². The molecule has 0 radical (unpaired) electrons. The Morgan fingerprint density at radius 1 is 1.37 bits per heavy atom. The summed E-state index contributed by atoms with van der Waals surface area (Å²) in [5, 5.41) is -0.270. The fraction of sp³-hybridized carbons (Fsp3) is 0.857. The molecule has 0 saturated carbocycles. The van der Waals surface area contributed by atoms with Gasteiger partial charge in [-0.05, 0) is 46.1 Å². The van der Waals surface area contributed by atoms with Crippen molar-refractivity contribution in [2.24, 2.45) is 5.92 Å². The molecule has 0 aromatic heterocycles. The molecule has 1 rings (SSSR count). The lowest BCUT2D eigenvalue weighted by molar-refractivity contribution is 0.199. The Labute approximate surface area is 118 Å². The maximum atomic E-state index is 12.2. The number of hydrogen-bond acceptors (Lipinski definition) is 3. The molecule has 19 heavy (non-hydrogen) atoms. The molecule has 0 spiro atoms. The van der Waals surface area contributed by atoms with Crippen molar-refractivity contribution >= 4 is 10.0 Å². The van der Waals surface area contributed by atoms with Crippen LogP contribution in [0.15, 0.2) is 12.7 Å². The van der Waals surface area contributed by atoms with Crippen molar-refractivity contribution < 1.29 is 8.42 Å². The summed E-state index contributed by atoms with van der Waals surface area (Å²) in [6, 6.07) is 0.369. The highest BCUT2D eigenvalue weighted by atomic mass is 32.2. The van der Waals surface area contributed by atoms with Crippen molar-refractivity contribution in [2.75, 3.05) is 13.1 Å². The number of nitrogens with one attached hydrogen (secondary N) is 1. The molecule has 0 aromatic carbocycles. The number of rotatable bonds is 7. The van der Waals surface area contributed by atoms with E-state index in [1.54, 1.807) is 0 Å². The first-order valence-corrected chi connectivity index (χ1v) is 8.68. The van der Waals surface area contributed by atoms with Gasteiger partial charge in [0.05, 0.1) is 5.25 Å². The van der Waals surface area contributed by atoms with Crippen molar-refractivity contribution in [3.8, 4) is 0 Å². The van der Waals surface area contributed by atoms with Gasteiger partial charge in [-0.25, -0.2) is 13.1 Å². The van der Waals surface area contributed by atoms with Gasteiger partial charge in [-0.15, -0.1) is 6.58 Å². The molecule has 3 atom stereocenters. The van der Waals surface area contributed by atoms with Gasteiger partial charge >= 0.3 is 0 Å². The van der Waals surface area contributed by atoms with Crippen LogP contribution in [0.5, 0.6) is 0 Å². The predicted molar refractivity (Wildman–Crippen MR) is 80.6 cm³/mol. The van der Waals surface area contributed by atoms with Gasteiger partial charge in [0.15, 0.2) is 0 Å². The van der Waals surface area contributed by atoms with E-state index in [0.717, 1.165) is 19.4 Å². The molecule has 1 aliphatic rings. The Morgan fingerprint density at radius 3 is 2.53 bits per heavy atom. The topological polar surface area (TPSA) is 49.4 Å². The fourth-order valence-corrected chi connectivity index (χ4v) is 4.27. The summed E-state index contributed by atoms with van der Waals surface area (Å²) in [7, 11) is -3.18.